The quantitative estimate of drug-likeness (QED) is 0.851. The van der Waals surface area contributed by atoms with Gasteiger partial charge in [-0.25, -0.2) is 4.98 Å². The molecule has 0 aromatic carbocycles. The zero-order valence-electron chi connectivity index (χ0n) is 11.0. The first kappa shape index (κ1) is 14.7. The molecule has 0 aliphatic heterocycles. The maximum atomic E-state index is 12.0. The van der Waals surface area contributed by atoms with Gasteiger partial charge in [-0.2, -0.15) is 0 Å². The highest BCUT2D eigenvalue weighted by atomic mass is 32.1. The van der Waals surface area contributed by atoms with Crippen LogP contribution in [-0.2, 0) is 6.54 Å². The van der Waals surface area contributed by atoms with Gasteiger partial charge in [-0.05, 0) is 18.6 Å². The van der Waals surface area contributed by atoms with E-state index >= 15 is 0 Å². The van der Waals surface area contributed by atoms with E-state index in [4.69, 9.17) is 5.11 Å². The fourth-order valence-corrected chi connectivity index (χ4v) is 3.02. The molecule has 2 N–H and O–H groups in total. The topological polar surface area (TPSA) is 62.2 Å². The van der Waals surface area contributed by atoms with E-state index in [1.165, 1.54) is 22.7 Å². The normalized spacial score (nSPS) is 9.90. The van der Waals surface area contributed by atoms with Crippen LogP contribution in [0.25, 0.3) is 0 Å². The summed E-state index contributed by atoms with van der Waals surface area (Å²) >= 11 is 2.88. The molecule has 104 valence electrons. The molecule has 2 aromatic rings. The van der Waals surface area contributed by atoms with Crippen LogP contribution in [-0.4, -0.2) is 22.6 Å². The molecule has 0 saturated carbocycles. The van der Waals surface area contributed by atoms with Crippen LogP contribution in [0.4, 0.5) is 0 Å². The maximum Gasteiger partial charge on any atom is 0.261 e. The first-order valence-electron chi connectivity index (χ1n) is 6.07. The molecule has 0 aliphatic carbocycles. The average molecular weight is 306 g/mol. The number of carbonyl (C=O) groups excluding carboxylic acids is 1. The number of aliphatic hydroxyl groups excluding tert-OH is 1. The van der Waals surface area contributed by atoms with E-state index in [9.17, 15) is 4.79 Å². The minimum atomic E-state index is -0.108. The molecule has 2 rings (SSSR count). The Balaban J connectivity index is 2.00. The Bertz CT molecular complexity index is 636. The standard InChI is InChI=1S/C14H14N2O2S2/c1-10-8-12(20-11(10)4-2-3-6-17)14(18)16-9-13-15-5-7-19-13/h5,7-8,17H,3,6,9H2,1H3,(H,16,18). The SMILES string of the molecule is Cc1cc(C(=O)NCc2nccs2)sc1C#CCCO. The van der Waals surface area contributed by atoms with E-state index in [1.54, 1.807) is 6.20 Å². The number of aliphatic hydroxyl groups is 1. The van der Waals surface area contributed by atoms with Gasteiger partial charge in [-0.3, -0.25) is 4.79 Å². The number of rotatable bonds is 4. The number of carbonyl (C=O) groups is 1. The van der Waals surface area contributed by atoms with Crippen molar-refractivity contribution in [3.63, 3.8) is 0 Å². The molecule has 0 spiro atoms. The number of nitrogens with zero attached hydrogens (tertiary/aromatic N) is 1. The van der Waals surface area contributed by atoms with Crippen molar-refractivity contribution in [2.24, 2.45) is 0 Å². The number of nitrogens with one attached hydrogen (secondary N) is 1. The summed E-state index contributed by atoms with van der Waals surface area (Å²) in [6.07, 6.45) is 2.17. The highest BCUT2D eigenvalue weighted by Gasteiger charge is 2.11. The van der Waals surface area contributed by atoms with E-state index in [0.717, 1.165) is 15.4 Å². The fraction of sp³-hybridized carbons (Fsp3) is 0.286. The lowest BCUT2D eigenvalue weighted by atomic mass is 10.2. The summed E-state index contributed by atoms with van der Waals surface area (Å²) in [5.74, 6) is 5.74. The third kappa shape index (κ3) is 3.90. The largest absolute Gasteiger partial charge is 0.395 e. The molecule has 0 bridgehead atoms. The third-order valence-electron chi connectivity index (χ3n) is 2.46. The van der Waals surface area contributed by atoms with Crippen molar-refractivity contribution >= 4 is 28.6 Å². The summed E-state index contributed by atoms with van der Waals surface area (Å²) in [4.78, 5) is 17.7. The lowest BCUT2D eigenvalue weighted by molar-refractivity contribution is 0.0955. The molecule has 0 unspecified atom stereocenters. The second kappa shape index (κ2) is 7.20. The molecule has 0 aliphatic rings. The van der Waals surface area contributed by atoms with Crippen molar-refractivity contribution in [3.05, 3.63) is 38.0 Å². The third-order valence-corrected chi connectivity index (χ3v) is 4.39. The van der Waals surface area contributed by atoms with Gasteiger partial charge in [0.2, 0.25) is 0 Å². The van der Waals surface area contributed by atoms with Gasteiger partial charge >= 0.3 is 0 Å². The number of aryl methyl sites for hydroxylation is 1. The minimum absolute atomic E-state index is 0.0541. The minimum Gasteiger partial charge on any atom is -0.395 e. The Kier molecular flexibility index (Phi) is 5.30. The molecule has 0 fully saturated rings. The molecular weight excluding hydrogens is 292 g/mol. The van der Waals surface area contributed by atoms with Crippen LogP contribution in [0.15, 0.2) is 17.6 Å². The number of hydrogen-bond acceptors (Lipinski definition) is 5. The lowest BCUT2D eigenvalue weighted by Crippen LogP contribution is -2.21. The molecule has 2 aromatic heterocycles. The Hall–Kier alpha value is -1.68. The molecule has 1 amide bonds. The Morgan fingerprint density at radius 3 is 3.10 bits per heavy atom. The second-order valence-electron chi connectivity index (χ2n) is 4.01. The Labute approximate surface area is 125 Å². The van der Waals surface area contributed by atoms with Gasteiger partial charge in [0.25, 0.3) is 5.91 Å². The van der Waals surface area contributed by atoms with Gasteiger partial charge in [-0.15, -0.1) is 22.7 Å². The summed E-state index contributed by atoms with van der Waals surface area (Å²) in [5.41, 5.74) is 0.986. The van der Waals surface area contributed by atoms with E-state index in [1.807, 2.05) is 18.4 Å². The summed E-state index contributed by atoms with van der Waals surface area (Å²) in [6.45, 7) is 2.43. The van der Waals surface area contributed by atoms with Crippen molar-refractivity contribution in [3.8, 4) is 11.8 Å². The first-order chi connectivity index (χ1) is 9.70. The van der Waals surface area contributed by atoms with Gasteiger partial charge in [0.1, 0.15) is 5.01 Å². The van der Waals surface area contributed by atoms with Crippen molar-refractivity contribution < 1.29 is 9.90 Å². The highest BCUT2D eigenvalue weighted by Crippen LogP contribution is 2.21. The van der Waals surface area contributed by atoms with Gasteiger partial charge < -0.3 is 10.4 Å². The van der Waals surface area contributed by atoms with Crippen LogP contribution in [0.2, 0.25) is 0 Å². The first-order valence-corrected chi connectivity index (χ1v) is 7.77. The van der Waals surface area contributed by atoms with Crippen molar-refractivity contribution in [2.45, 2.75) is 19.9 Å². The summed E-state index contributed by atoms with van der Waals surface area (Å²) < 4.78 is 0. The summed E-state index contributed by atoms with van der Waals surface area (Å²) in [6, 6.07) is 1.84. The molecule has 20 heavy (non-hydrogen) atoms. The van der Waals surface area contributed by atoms with Crippen molar-refractivity contribution in [1.29, 1.82) is 0 Å². The molecule has 0 radical (unpaired) electrons. The molecule has 6 heteroatoms. The number of amides is 1. The van der Waals surface area contributed by atoms with Crippen LogP contribution >= 0.6 is 22.7 Å². The van der Waals surface area contributed by atoms with E-state index in [0.29, 0.717) is 17.8 Å². The predicted octanol–water partition coefficient (Wildman–Crippen LogP) is 2.18. The van der Waals surface area contributed by atoms with Crippen LogP contribution in [0.1, 0.15) is 31.5 Å². The molecule has 0 saturated heterocycles. The smallest absolute Gasteiger partial charge is 0.261 e. The van der Waals surface area contributed by atoms with Crippen molar-refractivity contribution in [2.75, 3.05) is 6.61 Å². The number of hydrogen-bond donors (Lipinski definition) is 2. The van der Waals surface area contributed by atoms with E-state index in [2.05, 4.69) is 22.1 Å². The van der Waals surface area contributed by atoms with Crippen LogP contribution in [0.5, 0.6) is 0 Å². The van der Waals surface area contributed by atoms with E-state index < -0.39 is 0 Å². The van der Waals surface area contributed by atoms with Gasteiger partial charge in [0.15, 0.2) is 0 Å². The van der Waals surface area contributed by atoms with Gasteiger partial charge in [0.05, 0.1) is 22.9 Å². The lowest BCUT2D eigenvalue weighted by Gasteiger charge is -1.99. The molecule has 0 atom stereocenters. The van der Waals surface area contributed by atoms with Crippen molar-refractivity contribution in [1.82, 2.24) is 10.3 Å². The number of thiazole rings is 1. The summed E-state index contributed by atoms with van der Waals surface area (Å²) in [7, 11) is 0. The zero-order chi connectivity index (χ0) is 14.4. The average Bonchev–Trinajstić information content (AvgIpc) is 3.07. The molecular formula is C14H14N2O2S2. The second-order valence-corrected chi connectivity index (χ2v) is 6.04. The van der Waals surface area contributed by atoms with Crippen LogP contribution in [0.3, 0.4) is 0 Å². The van der Waals surface area contributed by atoms with Gasteiger partial charge in [0, 0.05) is 18.0 Å². The van der Waals surface area contributed by atoms with E-state index in [-0.39, 0.29) is 12.5 Å². The Morgan fingerprint density at radius 2 is 2.40 bits per heavy atom. The monoisotopic (exact) mass is 306 g/mol. The summed E-state index contributed by atoms with van der Waals surface area (Å²) in [5, 5.41) is 14.3. The fourth-order valence-electron chi connectivity index (χ4n) is 1.50. The van der Waals surface area contributed by atoms with Gasteiger partial charge in [-0.1, -0.05) is 11.8 Å². The Morgan fingerprint density at radius 1 is 1.55 bits per heavy atom. The number of aromatic nitrogens is 1. The zero-order valence-corrected chi connectivity index (χ0v) is 12.6. The maximum absolute atomic E-state index is 12.0. The number of thiophene rings is 1. The predicted molar refractivity (Wildman–Crippen MR) is 80.9 cm³/mol. The van der Waals surface area contributed by atoms with Crippen LogP contribution < -0.4 is 5.32 Å². The highest BCUT2D eigenvalue weighted by molar-refractivity contribution is 7.14. The van der Waals surface area contributed by atoms with Crippen LogP contribution in [0, 0.1) is 18.8 Å². The molecule has 4 nitrogen and oxygen atoms in total. The molecule has 2 heterocycles.